The zero-order valence-electron chi connectivity index (χ0n) is 9.60. The van der Waals surface area contributed by atoms with Gasteiger partial charge in [-0.05, 0) is 37.6 Å². The molecule has 1 aromatic rings. The SMILES string of the molecule is COC(=O)C(C)Oc1ccc(CCN)cc1. The van der Waals surface area contributed by atoms with Crippen molar-refractivity contribution in [3.05, 3.63) is 29.8 Å². The minimum Gasteiger partial charge on any atom is -0.479 e. The first kappa shape index (κ1) is 12.5. The molecule has 0 heterocycles. The summed E-state index contributed by atoms with van der Waals surface area (Å²) in [4.78, 5) is 11.1. The first-order valence-electron chi connectivity index (χ1n) is 5.21. The summed E-state index contributed by atoms with van der Waals surface area (Å²) in [6, 6.07) is 7.52. The first-order chi connectivity index (χ1) is 7.67. The minimum absolute atomic E-state index is 0.383. The van der Waals surface area contributed by atoms with Gasteiger partial charge in [0.1, 0.15) is 5.75 Å². The van der Waals surface area contributed by atoms with E-state index in [0.29, 0.717) is 12.3 Å². The van der Waals surface area contributed by atoms with Gasteiger partial charge >= 0.3 is 5.97 Å². The molecule has 88 valence electrons. The fourth-order valence-corrected chi connectivity index (χ4v) is 1.32. The van der Waals surface area contributed by atoms with Crippen molar-refractivity contribution in [2.24, 2.45) is 5.73 Å². The van der Waals surface area contributed by atoms with Crippen LogP contribution in [0.25, 0.3) is 0 Å². The van der Waals surface area contributed by atoms with Crippen LogP contribution in [-0.4, -0.2) is 25.7 Å². The van der Waals surface area contributed by atoms with E-state index in [1.54, 1.807) is 6.92 Å². The molecule has 1 aromatic carbocycles. The van der Waals surface area contributed by atoms with E-state index in [1.165, 1.54) is 7.11 Å². The maximum atomic E-state index is 11.1. The second kappa shape index (κ2) is 6.12. The highest BCUT2D eigenvalue weighted by atomic mass is 16.6. The lowest BCUT2D eigenvalue weighted by Crippen LogP contribution is -2.24. The molecule has 0 aromatic heterocycles. The number of benzene rings is 1. The maximum absolute atomic E-state index is 11.1. The summed E-state index contributed by atoms with van der Waals surface area (Å²) < 4.78 is 9.96. The van der Waals surface area contributed by atoms with E-state index >= 15 is 0 Å². The molecule has 0 amide bonds. The highest BCUT2D eigenvalue weighted by Crippen LogP contribution is 2.14. The molecule has 0 radical (unpaired) electrons. The quantitative estimate of drug-likeness (QED) is 0.760. The van der Waals surface area contributed by atoms with E-state index in [-0.39, 0.29) is 5.97 Å². The molecule has 1 rings (SSSR count). The standard InChI is InChI=1S/C12H17NO3/c1-9(12(14)15-2)16-11-5-3-10(4-6-11)7-8-13/h3-6,9H,7-8,13H2,1-2H3. The Morgan fingerprint density at radius 3 is 2.50 bits per heavy atom. The van der Waals surface area contributed by atoms with E-state index in [1.807, 2.05) is 24.3 Å². The van der Waals surface area contributed by atoms with Crippen molar-refractivity contribution in [3.63, 3.8) is 0 Å². The Kier molecular flexibility index (Phi) is 4.79. The molecule has 0 bridgehead atoms. The van der Waals surface area contributed by atoms with Crippen LogP contribution in [0.15, 0.2) is 24.3 Å². The van der Waals surface area contributed by atoms with Gasteiger partial charge in [0.25, 0.3) is 0 Å². The third-order valence-electron chi connectivity index (χ3n) is 2.20. The van der Waals surface area contributed by atoms with Crippen LogP contribution in [0.3, 0.4) is 0 Å². The van der Waals surface area contributed by atoms with Gasteiger partial charge in [-0.25, -0.2) is 4.79 Å². The third kappa shape index (κ3) is 3.55. The Labute approximate surface area is 95.3 Å². The number of carbonyl (C=O) groups is 1. The number of rotatable bonds is 5. The van der Waals surface area contributed by atoms with Crippen molar-refractivity contribution in [2.75, 3.05) is 13.7 Å². The molecule has 0 aliphatic heterocycles. The second-order valence-electron chi connectivity index (χ2n) is 3.47. The van der Waals surface area contributed by atoms with E-state index in [2.05, 4.69) is 4.74 Å². The van der Waals surface area contributed by atoms with E-state index in [4.69, 9.17) is 10.5 Å². The molecule has 0 spiro atoms. The zero-order valence-corrected chi connectivity index (χ0v) is 9.60. The Bertz CT molecular complexity index is 335. The van der Waals surface area contributed by atoms with Crippen LogP contribution in [0.4, 0.5) is 0 Å². The van der Waals surface area contributed by atoms with Crippen molar-refractivity contribution >= 4 is 5.97 Å². The summed E-state index contributed by atoms with van der Waals surface area (Å²) in [5.41, 5.74) is 6.60. The van der Waals surface area contributed by atoms with Crippen molar-refractivity contribution in [3.8, 4) is 5.75 Å². The van der Waals surface area contributed by atoms with Gasteiger partial charge in [0, 0.05) is 0 Å². The second-order valence-corrected chi connectivity index (χ2v) is 3.47. The third-order valence-corrected chi connectivity index (χ3v) is 2.20. The van der Waals surface area contributed by atoms with Crippen molar-refractivity contribution in [1.29, 1.82) is 0 Å². The van der Waals surface area contributed by atoms with Crippen molar-refractivity contribution < 1.29 is 14.3 Å². The van der Waals surface area contributed by atoms with Gasteiger partial charge in [0.15, 0.2) is 6.10 Å². The predicted molar refractivity (Wildman–Crippen MR) is 61.3 cm³/mol. The molecular weight excluding hydrogens is 206 g/mol. The molecule has 16 heavy (non-hydrogen) atoms. The van der Waals surface area contributed by atoms with E-state index in [9.17, 15) is 4.79 Å². The van der Waals surface area contributed by atoms with Gasteiger partial charge in [-0.2, -0.15) is 0 Å². The average molecular weight is 223 g/mol. The molecule has 0 aliphatic rings. The normalized spacial score (nSPS) is 11.9. The molecule has 0 saturated carbocycles. The van der Waals surface area contributed by atoms with Crippen LogP contribution in [0.1, 0.15) is 12.5 Å². The van der Waals surface area contributed by atoms with Gasteiger partial charge < -0.3 is 15.2 Å². The van der Waals surface area contributed by atoms with E-state index < -0.39 is 6.10 Å². The number of hydrogen-bond donors (Lipinski definition) is 1. The Morgan fingerprint density at radius 2 is 2.00 bits per heavy atom. The molecule has 0 aliphatic carbocycles. The molecule has 4 heteroatoms. The highest BCUT2D eigenvalue weighted by Gasteiger charge is 2.14. The van der Waals surface area contributed by atoms with Gasteiger partial charge in [-0.3, -0.25) is 0 Å². The molecule has 4 nitrogen and oxygen atoms in total. The van der Waals surface area contributed by atoms with Crippen molar-refractivity contribution in [2.45, 2.75) is 19.4 Å². The Balaban J connectivity index is 2.58. The summed E-state index contributed by atoms with van der Waals surface area (Å²) in [5, 5.41) is 0. The maximum Gasteiger partial charge on any atom is 0.346 e. The zero-order chi connectivity index (χ0) is 12.0. The first-order valence-corrected chi connectivity index (χ1v) is 5.21. The Morgan fingerprint density at radius 1 is 1.38 bits per heavy atom. The molecule has 1 atom stereocenters. The number of hydrogen-bond acceptors (Lipinski definition) is 4. The summed E-state index contributed by atoms with van der Waals surface area (Å²) >= 11 is 0. The van der Waals surface area contributed by atoms with Crippen LogP contribution in [0.5, 0.6) is 5.75 Å². The smallest absolute Gasteiger partial charge is 0.346 e. The number of ether oxygens (including phenoxy) is 2. The lowest BCUT2D eigenvalue weighted by atomic mass is 10.1. The molecule has 0 saturated heterocycles. The van der Waals surface area contributed by atoms with Gasteiger partial charge in [-0.15, -0.1) is 0 Å². The number of methoxy groups -OCH3 is 1. The summed E-state index contributed by atoms with van der Waals surface area (Å²) in [6.45, 7) is 2.28. The van der Waals surface area contributed by atoms with E-state index in [0.717, 1.165) is 12.0 Å². The lowest BCUT2D eigenvalue weighted by Gasteiger charge is -2.12. The summed E-state index contributed by atoms with van der Waals surface area (Å²) in [7, 11) is 1.34. The van der Waals surface area contributed by atoms with Crippen LogP contribution in [0, 0.1) is 0 Å². The fraction of sp³-hybridized carbons (Fsp3) is 0.417. The molecule has 2 N–H and O–H groups in total. The fourth-order valence-electron chi connectivity index (χ4n) is 1.32. The number of carbonyl (C=O) groups excluding carboxylic acids is 1. The van der Waals surface area contributed by atoms with Crippen LogP contribution in [0.2, 0.25) is 0 Å². The van der Waals surface area contributed by atoms with Gasteiger partial charge in [0.05, 0.1) is 7.11 Å². The van der Waals surface area contributed by atoms with Gasteiger partial charge in [-0.1, -0.05) is 12.1 Å². The lowest BCUT2D eigenvalue weighted by molar-refractivity contribution is -0.147. The van der Waals surface area contributed by atoms with Crippen LogP contribution >= 0.6 is 0 Å². The monoisotopic (exact) mass is 223 g/mol. The average Bonchev–Trinajstić information content (AvgIpc) is 2.31. The minimum atomic E-state index is -0.592. The largest absolute Gasteiger partial charge is 0.479 e. The molecular formula is C12H17NO3. The summed E-state index contributed by atoms with van der Waals surface area (Å²) in [5.74, 6) is 0.268. The molecule has 0 fully saturated rings. The predicted octanol–water partition coefficient (Wildman–Crippen LogP) is 1.13. The Hall–Kier alpha value is -1.55. The summed E-state index contributed by atoms with van der Waals surface area (Å²) in [6.07, 6.45) is 0.248. The molecule has 1 unspecified atom stereocenters. The van der Waals surface area contributed by atoms with Crippen LogP contribution in [-0.2, 0) is 16.0 Å². The topological polar surface area (TPSA) is 61.5 Å². The highest BCUT2D eigenvalue weighted by molar-refractivity contribution is 5.74. The van der Waals surface area contributed by atoms with Crippen molar-refractivity contribution in [1.82, 2.24) is 0 Å². The van der Waals surface area contributed by atoms with Gasteiger partial charge in [0.2, 0.25) is 0 Å². The number of esters is 1. The number of nitrogens with two attached hydrogens (primary N) is 1. The van der Waals surface area contributed by atoms with Crippen LogP contribution < -0.4 is 10.5 Å².